The number of nitrogens with zero attached hydrogens (tertiary/aromatic N) is 1. The van der Waals surface area contributed by atoms with Crippen molar-refractivity contribution in [1.29, 1.82) is 0 Å². The molecular weight excluding hydrogens is 300 g/mol. The van der Waals surface area contributed by atoms with Gasteiger partial charge in [0.2, 0.25) is 11.8 Å². The third-order valence-electron chi connectivity index (χ3n) is 5.34. The van der Waals surface area contributed by atoms with Gasteiger partial charge in [-0.2, -0.15) is 0 Å². The largest absolute Gasteiger partial charge is 0.353 e. The Balaban J connectivity index is 1.48. The number of amides is 2. The highest BCUT2D eigenvalue weighted by Crippen LogP contribution is 2.33. The van der Waals surface area contributed by atoms with Gasteiger partial charge >= 0.3 is 0 Å². The van der Waals surface area contributed by atoms with E-state index in [0.717, 1.165) is 38.8 Å². The average Bonchev–Trinajstić information content (AvgIpc) is 3.01. The molecule has 1 N–H and O–H groups in total. The van der Waals surface area contributed by atoms with Crippen molar-refractivity contribution in [3.8, 4) is 0 Å². The molecule has 4 nitrogen and oxygen atoms in total. The number of hydrogen-bond donors (Lipinski definition) is 1. The minimum atomic E-state index is 0.134. The Morgan fingerprint density at radius 1 is 1.12 bits per heavy atom. The second-order valence-corrected chi connectivity index (χ2v) is 7.06. The van der Waals surface area contributed by atoms with Crippen molar-refractivity contribution in [3.63, 3.8) is 0 Å². The van der Waals surface area contributed by atoms with Crippen LogP contribution >= 0.6 is 0 Å². The number of likely N-dealkylation sites (tertiary alicyclic amines) is 1. The summed E-state index contributed by atoms with van der Waals surface area (Å²) in [5.41, 5.74) is 1.34. The summed E-state index contributed by atoms with van der Waals surface area (Å²) in [6.07, 6.45) is 7.56. The predicted octanol–water partition coefficient (Wildman–Crippen LogP) is 3.23. The van der Waals surface area contributed by atoms with Gasteiger partial charge < -0.3 is 10.2 Å². The molecule has 0 aromatic heterocycles. The van der Waals surface area contributed by atoms with Crippen LogP contribution in [-0.2, 0) is 9.59 Å². The first-order chi connectivity index (χ1) is 11.7. The van der Waals surface area contributed by atoms with Gasteiger partial charge in [0.15, 0.2) is 0 Å². The number of carbonyl (C=O) groups excluding carboxylic acids is 2. The number of nitrogens with one attached hydrogen (secondary N) is 1. The van der Waals surface area contributed by atoms with Gasteiger partial charge in [-0.15, -0.1) is 0 Å². The van der Waals surface area contributed by atoms with E-state index in [1.807, 2.05) is 11.0 Å². The second kappa shape index (κ2) is 8.32. The van der Waals surface area contributed by atoms with Gasteiger partial charge in [-0.25, -0.2) is 0 Å². The summed E-state index contributed by atoms with van der Waals surface area (Å²) in [5.74, 6) is 0.811. The third kappa shape index (κ3) is 4.37. The van der Waals surface area contributed by atoms with Crippen LogP contribution in [-0.4, -0.2) is 35.8 Å². The fraction of sp³-hybridized carbons (Fsp3) is 0.600. The summed E-state index contributed by atoms with van der Waals surface area (Å²) in [4.78, 5) is 25.8. The van der Waals surface area contributed by atoms with Gasteiger partial charge in [-0.3, -0.25) is 9.59 Å². The molecule has 1 aromatic rings. The normalized spacial score (nSPS) is 24.2. The van der Waals surface area contributed by atoms with Gasteiger partial charge in [0, 0.05) is 37.9 Å². The first kappa shape index (κ1) is 17.0. The van der Waals surface area contributed by atoms with E-state index in [1.54, 1.807) is 0 Å². The minimum Gasteiger partial charge on any atom is -0.353 e. The van der Waals surface area contributed by atoms with Crippen LogP contribution in [0.4, 0.5) is 0 Å². The van der Waals surface area contributed by atoms with E-state index >= 15 is 0 Å². The van der Waals surface area contributed by atoms with E-state index in [0.29, 0.717) is 18.8 Å². The van der Waals surface area contributed by atoms with Gasteiger partial charge in [0.25, 0.3) is 0 Å². The lowest BCUT2D eigenvalue weighted by Gasteiger charge is -2.32. The maximum Gasteiger partial charge on any atom is 0.222 e. The van der Waals surface area contributed by atoms with E-state index in [-0.39, 0.29) is 17.9 Å². The molecule has 0 unspecified atom stereocenters. The number of hydrogen-bond acceptors (Lipinski definition) is 2. The topological polar surface area (TPSA) is 49.4 Å². The van der Waals surface area contributed by atoms with Crippen molar-refractivity contribution in [2.24, 2.45) is 0 Å². The molecule has 1 aromatic carbocycles. The second-order valence-electron chi connectivity index (χ2n) is 7.06. The molecule has 24 heavy (non-hydrogen) atoms. The molecule has 1 saturated carbocycles. The summed E-state index contributed by atoms with van der Waals surface area (Å²) in [7, 11) is 0. The first-order valence-corrected chi connectivity index (χ1v) is 9.36. The van der Waals surface area contributed by atoms with E-state index in [2.05, 4.69) is 29.6 Å². The molecule has 1 aliphatic carbocycles. The Kier molecular flexibility index (Phi) is 5.89. The van der Waals surface area contributed by atoms with E-state index < -0.39 is 0 Å². The molecule has 1 saturated heterocycles. The van der Waals surface area contributed by atoms with Crippen LogP contribution in [0.25, 0.3) is 0 Å². The minimum absolute atomic E-state index is 0.134. The molecule has 0 spiro atoms. The molecule has 2 aliphatic rings. The molecule has 4 heteroatoms. The van der Waals surface area contributed by atoms with Crippen LogP contribution in [0.2, 0.25) is 0 Å². The molecule has 130 valence electrons. The molecule has 2 amide bonds. The third-order valence-corrected chi connectivity index (χ3v) is 5.34. The van der Waals surface area contributed by atoms with E-state index in [4.69, 9.17) is 0 Å². The molecular formula is C20H28N2O2. The van der Waals surface area contributed by atoms with Crippen LogP contribution in [0, 0.1) is 0 Å². The highest BCUT2D eigenvalue weighted by atomic mass is 16.2. The zero-order chi connectivity index (χ0) is 16.8. The summed E-state index contributed by atoms with van der Waals surface area (Å²) in [5, 5.41) is 3.26. The van der Waals surface area contributed by atoms with E-state index in [9.17, 15) is 9.59 Å². The van der Waals surface area contributed by atoms with Crippen molar-refractivity contribution in [1.82, 2.24) is 10.2 Å². The highest BCUT2D eigenvalue weighted by Gasteiger charge is 2.27. The van der Waals surface area contributed by atoms with Crippen molar-refractivity contribution < 1.29 is 9.59 Å². The fourth-order valence-corrected chi connectivity index (χ4v) is 4.05. The Morgan fingerprint density at radius 2 is 1.92 bits per heavy atom. The average molecular weight is 328 g/mol. The Labute approximate surface area is 144 Å². The van der Waals surface area contributed by atoms with Crippen molar-refractivity contribution >= 4 is 11.8 Å². The molecule has 1 heterocycles. The van der Waals surface area contributed by atoms with Crippen LogP contribution in [0.3, 0.4) is 0 Å². The Hall–Kier alpha value is -1.84. The summed E-state index contributed by atoms with van der Waals surface area (Å²) in [6.45, 7) is 1.58. The zero-order valence-corrected chi connectivity index (χ0v) is 14.4. The Bertz CT molecular complexity index is 558. The SMILES string of the molecule is O=C(CCCN1CCCC1=O)N[C@@H]1CCCC[C@H]1c1ccccc1. The molecule has 2 atom stereocenters. The lowest BCUT2D eigenvalue weighted by molar-refractivity contribution is -0.128. The fourth-order valence-electron chi connectivity index (χ4n) is 4.05. The van der Waals surface area contributed by atoms with Crippen LogP contribution < -0.4 is 5.32 Å². The highest BCUT2D eigenvalue weighted by molar-refractivity contribution is 5.78. The number of rotatable bonds is 6. The monoisotopic (exact) mass is 328 g/mol. The Morgan fingerprint density at radius 3 is 2.67 bits per heavy atom. The van der Waals surface area contributed by atoms with Crippen molar-refractivity contribution in [2.75, 3.05) is 13.1 Å². The number of carbonyl (C=O) groups is 2. The summed E-state index contributed by atoms with van der Waals surface area (Å²) >= 11 is 0. The molecule has 0 radical (unpaired) electrons. The quantitative estimate of drug-likeness (QED) is 0.871. The molecule has 2 fully saturated rings. The summed E-state index contributed by atoms with van der Waals surface area (Å²) < 4.78 is 0. The molecule has 3 rings (SSSR count). The maximum absolute atomic E-state index is 12.3. The smallest absolute Gasteiger partial charge is 0.222 e. The lowest BCUT2D eigenvalue weighted by atomic mass is 9.80. The van der Waals surface area contributed by atoms with Crippen LogP contribution in [0.1, 0.15) is 62.8 Å². The van der Waals surface area contributed by atoms with Gasteiger partial charge in [0.1, 0.15) is 0 Å². The standard InChI is InChI=1S/C20H28N2O2/c23-19(12-6-14-22-15-7-13-20(22)24)21-18-11-5-4-10-17(18)16-8-2-1-3-9-16/h1-3,8-9,17-18H,4-7,10-15H2,(H,21,23)/t17-,18+/m0/s1. The van der Waals surface area contributed by atoms with Crippen molar-refractivity contribution in [3.05, 3.63) is 35.9 Å². The predicted molar refractivity (Wildman–Crippen MR) is 94.6 cm³/mol. The van der Waals surface area contributed by atoms with Gasteiger partial charge in [-0.05, 0) is 31.2 Å². The lowest BCUT2D eigenvalue weighted by Crippen LogP contribution is -2.41. The van der Waals surface area contributed by atoms with Crippen LogP contribution in [0.5, 0.6) is 0 Å². The first-order valence-electron chi connectivity index (χ1n) is 9.36. The maximum atomic E-state index is 12.3. The zero-order valence-electron chi connectivity index (χ0n) is 14.4. The van der Waals surface area contributed by atoms with E-state index in [1.165, 1.54) is 18.4 Å². The van der Waals surface area contributed by atoms with Gasteiger partial charge in [-0.1, -0.05) is 43.2 Å². The van der Waals surface area contributed by atoms with Gasteiger partial charge in [0.05, 0.1) is 0 Å². The molecule has 0 bridgehead atoms. The molecule has 1 aliphatic heterocycles. The number of benzene rings is 1. The summed E-state index contributed by atoms with van der Waals surface area (Å²) in [6, 6.07) is 10.8. The van der Waals surface area contributed by atoms with Crippen molar-refractivity contribution in [2.45, 2.75) is 63.3 Å². The van der Waals surface area contributed by atoms with Crippen LogP contribution in [0.15, 0.2) is 30.3 Å².